The molecule has 14 heteroatoms. The first kappa shape index (κ1) is 29.9. The van der Waals surface area contributed by atoms with Gasteiger partial charge in [-0.15, -0.1) is 0 Å². The predicted molar refractivity (Wildman–Crippen MR) is 106 cm³/mol. The molecule has 0 bridgehead atoms. The highest BCUT2D eigenvalue weighted by Gasteiger charge is 2.61. The molecule has 0 aromatic carbocycles. The van der Waals surface area contributed by atoms with Crippen LogP contribution in [0.1, 0.15) is 78.1 Å². The maximum atomic E-state index is 12.7. The molecule has 0 aliphatic rings. The lowest BCUT2D eigenvalue weighted by atomic mass is 9.95. The Hall–Kier alpha value is -0.130. The Balaban J connectivity index is 4.93. The van der Waals surface area contributed by atoms with Gasteiger partial charge < -0.3 is 0 Å². The summed E-state index contributed by atoms with van der Waals surface area (Å²) in [6.45, 7) is 3.92. The van der Waals surface area contributed by atoms with Crippen LogP contribution in [0.25, 0.3) is 0 Å². The molecule has 5 nitrogen and oxygen atoms in total. The SMILES string of the molecule is CCCCCCCCCC(CC)CCPN(S(=O)(=O)C(F)(F)F)S(=O)(=O)C(F)(F)F. The molecule has 0 saturated heterocycles. The molecule has 182 valence electrons. The van der Waals surface area contributed by atoms with Crippen molar-refractivity contribution in [2.24, 2.45) is 5.92 Å². The Labute approximate surface area is 176 Å². The summed E-state index contributed by atoms with van der Waals surface area (Å²) in [5, 5.41) is 0. The fourth-order valence-corrected chi connectivity index (χ4v) is 7.95. The molecule has 0 aromatic rings. The van der Waals surface area contributed by atoms with E-state index < -0.39 is 49.4 Å². The van der Waals surface area contributed by atoms with E-state index in [1.54, 1.807) is 0 Å². The predicted octanol–water partition coefficient (Wildman–Crippen LogP) is 6.14. The van der Waals surface area contributed by atoms with E-state index in [0.717, 1.165) is 44.9 Å². The zero-order valence-electron chi connectivity index (χ0n) is 17.0. The maximum Gasteiger partial charge on any atom is 0.512 e. The lowest BCUT2D eigenvalue weighted by Gasteiger charge is -2.24. The third kappa shape index (κ3) is 9.16. The van der Waals surface area contributed by atoms with Crippen molar-refractivity contribution in [3.63, 3.8) is 0 Å². The highest BCUT2D eigenvalue weighted by atomic mass is 32.3. The lowest BCUT2D eigenvalue weighted by Crippen LogP contribution is -2.45. The van der Waals surface area contributed by atoms with Gasteiger partial charge in [-0.05, 0) is 27.2 Å². The van der Waals surface area contributed by atoms with Crippen LogP contribution in [-0.2, 0) is 20.0 Å². The number of alkyl halides is 6. The third-order valence-electron chi connectivity index (χ3n) is 4.61. The average Bonchev–Trinajstić information content (AvgIpc) is 2.60. The molecule has 0 rings (SSSR count). The standard InChI is InChI=1S/C16H30F6NO4PS2/c1-3-5-6-7-8-9-10-11-14(4-2)12-13-28-23(29(24,25)15(17,18)19)30(26,27)16(20,21)22/h14,28H,3-13H2,1-2H3. The molecule has 2 atom stereocenters. The van der Waals surface area contributed by atoms with Crippen LogP contribution in [0.15, 0.2) is 0 Å². The van der Waals surface area contributed by atoms with E-state index in [1.807, 2.05) is 6.92 Å². The lowest BCUT2D eigenvalue weighted by molar-refractivity contribution is -0.0504. The minimum Gasteiger partial charge on any atom is -0.201 e. The zero-order valence-corrected chi connectivity index (χ0v) is 19.7. The maximum absolute atomic E-state index is 12.7. The van der Waals surface area contributed by atoms with Crippen molar-refractivity contribution in [2.45, 2.75) is 89.1 Å². The second-order valence-electron chi connectivity index (χ2n) is 6.98. The van der Waals surface area contributed by atoms with E-state index in [1.165, 1.54) is 0 Å². The monoisotopic (exact) mass is 509 g/mol. The highest BCUT2D eigenvalue weighted by Crippen LogP contribution is 2.42. The summed E-state index contributed by atoms with van der Waals surface area (Å²) in [6, 6.07) is 0. The molecule has 30 heavy (non-hydrogen) atoms. The van der Waals surface area contributed by atoms with Crippen molar-refractivity contribution >= 4 is 28.8 Å². The number of sulfonamides is 2. The largest absolute Gasteiger partial charge is 0.512 e. The van der Waals surface area contributed by atoms with E-state index in [-0.39, 0.29) is 12.3 Å². The number of hydrogen-bond donors (Lipinski definition) is 0. The number of nitrogens with zero attached hydrogens (tertiary/aromatic N) is 1. The smallest absolute Gasteiger partial charge is 0.201 e. The van der Waals surface area contributed by atoms with E-state index >= 15 is 0 Å². The van der Waals surface area contributed by atoms with Gasteiger partial charge in [-0.1, -0.05) is 75.1 Å². The molecule has 0 radical (unpaired) electrons. The Morgan fingerprint density at radius 2 is 1.17 bits per heavy atom. The Morgan fingerprint density at radius 3 is 1.57 bits per heavy atom. The molecule has 0 aliphatic heterocycles. The molecule has 0 aliphatic carbocycles. The van der Waals surface area contributed by atoms with E-state index in [0.29, 0.717) is 12.8 Å². The van der Waals surface area contributed by atoms with Gasteiger partial charge in [-0.2, -0.15) is 26.3 Å². The van der Waals surface area contributed by atoms with Gasteiger partial charge >= 0.3 is 31.1 Å². The molecular weight excluding hydrogens is 479 g/mol. The van der Waals surface area contributed by atoms with Gasteiger partial charge in [-0.3, -0.25) is 0 Å². The summed E-state index contributed by atoms with van der Waals surface area (Å²) < 4.78 is 121. The van der Waals surface area contributed by atoms with Crippen molar-refractivity contribution in [3.05, 3.63) is 0 Å². The van der Waals surface area contributed by atoms with Crippen LogP contribution in [0, 0.1) is 5.92 Å². The van der Waals surface area contributed by atoms with Crippen LogP contribution < -0.4 is 0 Å². The van der Waals surface area contributed by atoms with Gasteiger partial charge in [0.05, 0.1) is 0 Å². The van der Waals surface area contributed by atoms with E-state index in [9.17, 15) is 43.2 Å². The van der Waals surface area contributed by atoms with Crippen LogP contribution in [0.3, 0.4) is 0 Å². The quantitative estimate of drug-likeness (QED) is 0.151. The van der Waals surface area contributed by atoms with E-state index in [4.69, 9.17) is 0 Å². The van der Waals surface area contributed by atoms with E-state index in [2.05, 4.69) is 6.92 Å². The van der Waals surface area contributed by atoms with Crippen LogP contribution in [0.4, 0.5) is 26.3 Å². The van der Waals surface area contributed by atoms with Crippen LogP contribution >= 0.6 is 8.73 Å². The van der Waals surface area contributed by atoms with Gasteiger partial charge in [0.15, 0.2) is 0 Å². The van der Waals surface area contributed by atoms with Crippen molar-refractivity contribution in [1.82, 2.24) is 3.48 Å². The Kier molecular flexibility index (Phi) is 12.7. The fraction of sp³-hybridized carbons (Fsp3) is 1.00. The second-order valence-corrected chi connectivity index (χ2v) is 12.7. The number of hydrogen-bond acceptors (Lipinski definition) is 4. The average molecular weight is 510 g/mol. The molecular formula is C16H30F6NO4PS2. The summed E-state index contributed by atoms with van der Waals surface area (Å²) in [5.74, 6) is -0.0304. The molecule has 0 amide bonds. The van der Waals surface area contributed by atoms with Gasteiger partial charge in [0.1, 0.15) is 0 Å². The van der Waals surface area contributed by atoms with Gasteiger partial charge in [0, 0.05) is 0 Å². The molecule has 0 saturated carbocycles. The summed E-state index contributed by atoms with van der Waals surface area (Å²) in [6.07, 6.45) is 8.43. The summed E-state index contributed by atoms with van der Waals surface area (Å²) >= 11 is 0. The topological polar surface area (TPSA) is 71.5 Å². The Morgan fingerprint density at radius 1 is 0.733 bits per heavy atom. The van der Waals surface area contributed by atoms with Crippen molar-refractivity contribution in [2.75, 3.05) is 6.16 Å². The Bertz CT molecular complexity index is 652. The molecule has 2 unspecified atom stereocenters. The number of halogens is 6. The van der Waals surface area contributed by atoms with Crippen LogP contribution in [-0.4, -0.2) is 37.5 Å². The first-order valence-electron chi connectivity index (χ1n) is 9.79. The first-order chi connectivity index (χ1) is 13.6. The van der Waals surface area contributed by atoms with Crippen molar-refractivity contribution < 1.29 is 43.2 Å². The van der Waals surface area contributed by atoms with Gasteiger partial charge in [0.2, 0.25) is 0 Å². The zero-order chi connectivity index (χ0) is 23.6. The number of rotatable bonds is 15. The van der Waals surface area contributed by atoms with Gasteiger partial charge in [0.25, 0.3) is 0 Å². The van der Waals surface area contributed by atoms with Crippen LogP contribution in [0.2, 0.25) is 0 Å². The summed E-state index contributed by atoms with van der Waals surface area (Å²) in [4.78, 5) is 0. The van der Waals surface area contributed by atoms with Gasteiger partial charge in [-0.25, -0.2) is 16.8 Å². The molecule has 0 spiro atoms. The van der Waals surface area contributed by atoms with Crippen molar-refractivity contribution in [3.8, 4) is 0 Å². The van der Waals surface area contributed by atoms with Crippen LogP contribution in [0.5, 0.6) is 0 Å². The minimum absolute atomic E-state index is 0.0304. The molecule has 0 N–H and O–H groups in total. The van der Waals surface area contributed by atoms with Crippen molar-refractivity contribution in [1.29, 1.82) is 0 Å². The first-order valence-corrected chi connectivity index (χ1v) is 13.8. The molecule has 0 heterocycles. The minimum atomic E-state index is -6.68. The molecule has 0 aromatic heterocycles. The summed E-state index contributed by atoms with van der Waals surface area (Å²) in [5.41, 5.74) is -12.3. The third-order valence-corrected chi connectivity index (χ3v) is 10.8. The second kappa shape index (κ2) is 12.8. The molecule has 0 fully saturated rings. The highest BCUT2D eigenvalue weighted by molar-refractivity contribution is 8.09. The fourth-order valence-electron chi connectivity index (χ4n) is 2.79. The normalized spacial score (nSPS) is 15.4. The number of unbranched alkanes of at least 4 members (excludes halogenated alkanes) is 6. The summed E-state index contributed by atoms with van der Waals surface area (Å²) in [7, 11) is -15.1.